The van der Waals surface area contributed by atoms with E-state index in [9.17, 15) is 0 Å². The average Bonchev–Trinajstić information content (AvgIpc) is 3.15. The number of H-pyrrole nitrogens is 1. The van der Waals surface area contributed by atoms with Crippen LogP contribution in [0.2, 0.25) is 0 Å². The summed E-state index contributed by atoms with van der Waals surface area (Å²) in [5.41, 5.74) is 0. The molecule has 0 aliphatic carbocycles. The van der Waals surface area contributed by atoms with Crippen LogP contribution in [-0.4, -0.2) is 63.6 Å². The third kappa shape index (κ3) is 4.25. The molecule has 0 amide bonds. The Morgan fingerprint density at radius 2 is 2.14 bits per heavy atom. The summed E-state index contributed by atoms with van der Waals surface area (Å²) in [7, 11) is 0. The number of aromatic amines is 1. The minimum Gasteiger partial charge on any atom is -0.376 e. The summed E-state index contributed by atoms with van der Waals surface area (Å²) in [4.78, 5) is 15.8. The van der Waals surface area contributed by atoms with Crippen LogP contribution in [0, 0.1) is 12.8 Å². The topological polar surface area (TPSA) is 101 Å². The van der Waals surface area contributed by atoms with Crippen molar-refractivity contribution in [1.29, 1.82) is 0 Å². The van der Waals surface area contributed by atoms with Crippen LogP contribution in [0.1, 0.15) is 44.4 Å². The van der Waals surface area contributed by atoms with Gasteiger partial charge in [0, 0.05) is 19.3 Å². The predicted octanol–water partition coefficient (Wildman–Crippen LogP) is 2.10. The van der Waals surface area contributed by atoms with Crippen molar-refractivity contribution < 1.29 is 9.47 Å². The number of morpholine rings is 1. The highest BCUT2D eigenvalue weighted by molar-refractivity contribution is 5.42. The van der Waals surface area contributed by atoms with Gasteiger partial charge in [0.25, 0.3) is 0 Å². The van der Waals surface area contributed by atoms with E-state index in [1.54, 1.807) is 6.20 Å². The van der Waals surface area contributed by atoms with Crippen LogP contribution in [0.4, 0.5) is 11.8 Å². The molecule has 2 saturated heterocycles. The van der Waals surface area contributed by atoms with Gasteiger partial charge in [-0.2, -0.15) is 10.1 Å². The Bertz CT molecular complexity index is 781. The summed E-state index contributed by atoms with van der Waals surface area (Å²) in [6.07, 6.45) is 3.98. The molecule has 9 heteroatoms. The number of nitrogens with one attached hydrogen (secondary N) is 2. The summed E-state index contributed by atoms with van der Waals surface area (Å²) >= 11 is 0. The van der Waals surface area contributed by atoms with Gasteiger partial charge in [-0.05, 0) is 31.7 Å². The van der Waals surface area contributed by atoms with Crippen molar-refractivity contribution in [3.63, 3.8) is 0 Å². The van der Waals surface area contributed by atoms with E-state index in [2.05, 4.69) is 44.2 Å². The third-order valence-electron chi connectivity index (χ3n) is 5.25. The van der Waals surface area contributed by atoms with Crippen molar-refractivity contribution in [3.8, 4) is 0 Å². The Hall–Kier alpha value is -2.26. The van der Waals surface area contributed by atoms with Crippen LogP contribution < -0.4 is 10.2 Å². The number of aromatic nitrogens is 5. The van der Waals surface area contributed by atoms with E-state index in [0.717, 1.165) is 37.6 Å². The number of aryl methyl sites for hydroxylation is 1. The van der Waals surface area contributed by atoms with Gasteiger partial charge in [0.1, 0.15) is 17.7 Å². The molecule has 28 heavy (non-hydrogen) atoms. The van der Waals surface area contributed by atoms with E-state index >= 15 is 0 Å². The SMILES string of the molecule is Cc1nc([C@@H]2CN(c3nccc(N[C@H]4CCCO[C@H]4C(C)C)n3)CCO2)n[nH]1. The van der Waals surface area contributed by atoms with Crippen molar-refractivity contribution in [2.75, 3.05) is 36.5 Å². The second kappa shape index (κ2) is 8.40. The van der Waals surface area contributed by atoms with Crippen LogP contribution in [0.5, 0.6) is 0 Å². The van der Waals surface area contributed by atoms with E-state index < -0.39 is 0 Å². The van der Waals surface area contributed by atoms with Gasteiger partial charge in [-0.3, -0.25) is 5.10 Å². The molecule has 2 fully saturated rings. The van der Waals surface area contributed by atoms with Crippen LogP contribution in [0.15, 0.2) is 12.3 Å². The lowest BCUT2D eigenvalue weighted by Crippen LogP contribution is -2.43. The standard InChI is InChI=1S/C19H29N7O2/c1-12(2)17-14(5-4-9-28-17)22-16-6-7-20-19(23-16)26-8-10-27-15(11-26)18-21-13(3)24-25-18/h6-7,12,14-15,17H,4-5,8-11H2,1-3H3,(H,20,22,23)(H,21,24,25)/t14-,15-,17-/m0/s1. The molecule has 4 heterocycles. The van der Waals surface area contributed by atoms with Gasteiger partial charge < -0.3 is 19.7 Å². The second-order valence-corrected chi connectivity index (χ2v) is 7.80. The van der Waals surface area contributed by atoms with Crippen molar-refractivity contribution >= 4 is 11.8 Å². The van der Waals surface area contributed by atoms with E-state index in [1.165, 1.54) is 0 Å². The largest absolute Gasteiger partial charge is 0.376 e. The van der Waals surface area contributed by atoms with Crippen molar-refractivity contribution in [1.82, 2.24) is 25.1 Å². The fraction of sp³-hybridized carbons (Fsp3) is 0.684. The lowest BCUT2D eigenvalue weighted by Gasteiger charge is -2.35. The molecule has 2 aliphatic heterocycles. The van der Waals surface area contributed by atoms with Gasteiger partial charge in [-0.15, -0.1) is 0 Å². The molecule has 2 aromatic rings. The molecular weight excluding hydrogens is 358 g/mol. The molecule has 0 unspecified atom stereocenters. The lowest BCUT2D eigenvalue weighted by molar-refractivity contribution is -0.0203. The van der Waals surface area contributed by atoms with Crippen LogP contribution >= 0.6 is 0 Å². The Kier molecular flexibility index (Phi) is 5.72. The summed E-state index contributed by atoms with van der Waals surface area (Å²) in [5.74, 6) is 3.46. The number of hydrogen-bond acceptors (Lipinski definition) is 8. The molecule has 0 aromatic carbocycles. The monoisotopic (exact) mass is 387 g/mol. The fourth-order valence-electron chi connectivity index (χ4n) is 3.88. The van der Waals surface area contributed by atoms with Gasteiger partial charge in [-0.1, -0.05) is 13.8 Å². The molecule has 4 rings (SSSR count). The molecule has 0 bridgehead atoms. The van der Waals surface area contributed by atoms with Crippen molar-refractivity contribution in [3.05, 3.63) is 23.9 Å². The van der Waals surface area contributed by atoms with Gasteiger partial charge >= 0.3 is 0 Å². The maximum Gasteiger partial charge on any atom is 0.227 e. The Labute approximate surface area is 165 Å². The molecule has 0 spiro atoms. The first-order valence-electron chi connectivity index (χ1n) is 10.1. The number of anilines is 2. The maximum atomic E-state index is 5.99. The van der Waals surface area contributed by atoms with E-state index in [1.807, 2.05) is 13.0 Å². The Morgan fingerprint density at radius 1 is 1.25 bits per heavy atom. The number of hydrogen-bond donors (Lipinski definition) is 2. The second-order valence-electron chi connectivity index (χ2n) is 7.80. The molecule has 152 valence electrons. The highest BCUT2D eigenvalue weighted by atomic mass is 16.5. The van der Waals surface area contributed by atoms with Gasteiger partial charge in [0.2, 0.25) is 5.95 Å². The highest BCUT2D eigenvalue weighted by Gasteiger charge is 2.30. The number of nitrogens with zero attached hydrogens (tertiary/aromatic N) is 5. The minimum atomic E-state index is -0.184. The van der Waals surface area contributed by atoms with E-state index in [-0.39, 0.29) is 18.2 Å². The Morgan fingerprint density at radius 3 is 2.93 bits per heavy atom. The molecule has 2 aromatic heterocycles. The van der Waals surface area contributed by atoms with Crippen molar-refractivity contribution in [2.24, 2.45) is 5.92 Å². The number of ether oxygens (including phenoxy) is 2. The maximum absolute atomic E-state index is 5.99. The zero-order chi connectivity index (χ0) is 19.5. The smallest absolute Gasteiger partial charge is 0.227 e. The summed E-state index contributed by atoms with van der Waals surface area (Å²) in [6, 6.07) is 2.19. The molecule has 9 nitrogen and oxygen atoms in total. The molecule has 3 atom stereocenters. The normalized spacial score (nSPS) is 25.9. The first kappa shape index (κ1) is 19.1. The molecule has 2 N–H and O–H groups in total. The average molecular weight is 387 g/mol. The summed E-state index contributed by atoms with van der Waals surface area (Å²) in [6.45, 7) is 9.09. The zero-order valence-corrected chi connectivity index (χ0v) is 16.8. The summed E-state index contributed by atoms with van der Waals surface area (Å²) in [5, 5.41) is 10.7. The van der Waals surface area contributed by atoms with Crippen LogP contribution in [0.25, 0.3) is 0 Å². The first-order chi connectivity index (χ1) is 13.6. The van der Waals surface area contributed by atoms with Crippen LogP contribution in [0.3, 0.4) is 0 Å². The lowest BCUT2D eigenvalue weighted by atomic mass is 9.94. The summed E-state index contributed by atoms with van der Waals surface area (Å²) < 4.78 is 11.8. The van der Waals surface area contributed by atoms with Crippen LogP contribution in [-0.2, 0) is 9.47 Å². The van der Waals surface area contributed by atoms with Crippen molar-refractivity contribution in [2.45, 2.75) is 51.9 Å². The quantitative estimate of drug-likeness (QED) is 0.804. The third-order valence-corrected chi connectivity index (χ3v) is 5.25. The van der Waals surface area contributed by atoms with E-state index in [0.29, 0.717) is 30.8 Å². The molecule has 2 aliphatic rings. The highest BCUT2D eigenvalue weighted by Crippen LogP contribution is 2.25. The van der Waals surface area contributed by atoms with Gasteiger partial charge in [-0.25, -0.2) is 9.97 Å². The fourth-order valence-corrected chi connectivity index (χ4v) is 3.88. The van der Waals surface area contributed by atoms with Gasteiger partial charge in [0.15, 0.2) is 5.82 Å². The molecule has 0 radical (unpaired) electrons. The Balaban J connectivity index is 1.45. The van der Waals surface area contributed by atoms with E-state index in [4.69, 9.17) is 14.5 Å². The molecular formula is C19H29N7O2. The minimum absolute atomic E-state index is 0.184. The number of rotatable bonds is 5. The predicted molar refractivity (Wildman–Crippen MR) is 105 cm³/mol. The first-order valence-corrected chi connectivity index (χ1v) is 10.1. The molecule has 0 saturated carbocycles. The van der Waals surface area contributed by atoms with Gasteiger partial charge in [0.05, 0.1) is 25.3 Å². The zero-order valence-electron chi connectivity index (χ0n) is 16.8.